The van der Waals surface area contributed by atoms with Crippen LogP contribution in [0.15, 0.2) is 25.3 Å². The minimum atomic E-state index is -1.04. The number of likely N-dealkylation sites (tertiary alicyclic amines) is 1. The molecule has 0 aromatic heterocycles. The van der Waals surface area contributed by atoms with Crippen molar-refractivity contribution in [3.63, 3.8) is 0 Å². The summed E-state index contributed by atoms with van der Waals surface area (Å²) in [7, 11) is 1.71. The van der Waals surface area contributed by atoms with Crippen LogP contribution in [0.25, 0.3) is 0 Å². The van der Waals surface area contributed by atoms with Crippen LogP contribution in [0.1, 0.15) is 58.8 Å². The molecule has 0 saturated carbocycles. The molecule has 3 aliphatic rings. The Bertz CT molecular complexity index is 869. The topological polar surface area (TPSA) is 90.4 Å². The third kappa shape index (κ3) is 5.55. The molecule has 9 heteroatoms. The monoisotopic (exact) mass is 581 g/mol. The Morgan fingerprint density at radius 3 is 2.51 bits per heavy atom. The average Bonchev–Trinajstić information content (AvgIpc) is 3.45. The number of ether oxygens (including phenoxy) is 1. The second kappa shape index (κ2) is 12.9. The van der Waals surface area contributed by atoms with Gasteiger partial charge in [0.15, 0.2) is 0 Å². The zero-order chi connectivity index (χ0) is 27.3. The SMILES string of the molecule is C=CCN(C)C(=O)[C@H]1[C@H]2C(=O)N(CCCCCCO)C(C(=O)N(CC=C)C(C)CCC)C23CC(Br)[C@@H]1O3. The van der Waals surface area contributed by atoms with E-state index < -0.39 is 29.6 Å². The van der Waals surface area contributed by atoms with Crippen molar-refractivity contribution < 1.29 is 24.2 Å². The Balaban J connectivity index is 2.00. The van der Waals surface area contributed by atoms with Crippen LogP contribution >= 0.6 is 15.9 Å². The minimum Gasteiger partial charge on any atom is -0.396 e. The molecule has 1 spiro atoms. The number of nitrogens with zero attached hydrogens (tertiary/aromatic N) is 3. The van der Waals surface area contributed by atoms with E-state index in [2.05, 4.69) is 36.0 Å². The Morgan fingerprint density at radius 1 is 1.22 bits per heavy atom. The van der Waals surface area contributed by atoms with Crippen molar-refractivity contribution in [1.82, 2.24) is 14.7 Å². The number of hydrogen-bond acceptors (Lipinski definition) is 5. The Kier molecular flexibility index (Phi) is 10.4. The van der Waals surface area contributed by atoms with Gasteiger partial charge < -0.3 is 24.5 Å². The lowest BCUT2D eigenvalue weighted by Gasteiger charge is -2.39. The molecule has 3 heterocycles. The summed E-state index contributed by atoms with van der Waals surface area (Å²) >= 11 is 3.73. The molecule has 208 valence electrons. The zero-order valence-electron chi connectivity index (χ0n) is 22.6. The molecular formula is C28H44BrN3O5. The number of hydrogen-bond donors (Lipinski definition) is 1. The molecule has 0 radical (unpaired) electrons. The summed E-state index contributed by atoms with van der Waals surface area (Å²) in [6, 6.07) is -0.795. The number of amides is 3. The van der Waals surface area contributed by atoms with Gasteiger partial charge in [-0.3, -0.25) is 14.4 Å². The molecule has 37 heavy (non-hydrogen) atoms. The molecule has 3 rings (SSSR count). The number of rotatable bonds is 15. The summed E-state index contributed by atoms with van der Waals surface area (Å²) in [5.74, 6) is -1.77. The zero-order valence-corrected chi connectivity index (χ0v) is 24.2. The fourth-order valence-electron chi connectivity index (χ4n) is 6.57. The molecule has 0 aromatic rings. The van der Waals surface area contributed by atoms with Crippen molar-refractivity contribution in [3.8, 4) is 0 Å². The summed E-state index contributed by atoms with van der Waals surface area (Å²) in [4.78, 5) is 47.0. The summed E-state index contributed by atoms with van der Waals surface area (Å²) in [5.41, 5.74) is -1.04. The predicted octanol–water partition coefficient (Wildman–Crippen LogP) is 3.13. The van der Waals surface area contributed by atoms with Crippen LogP contribution in [0.4, 0.5) is 0 Å². The standard InChI is InChI=1S/C28H44BrN3O5/c1-6-13-19(4)31(15-8-3)27(36)24-28-18-20(29)23(37-28)21(25(34)30(5)14-7-2)22(28)26(35)32(24)16-11-9-10-12-17-33/h7-8,19-24,33H,2-3,6,9-18H2,1,4-5H3/t19?,20?,21-,22-,23-,24?,28?/m0/s1. The van der Waals surface area contributed by atoms with Crippen molar-refractivity contribution >= 4 is 33.7 Å². The van der Waals surface area contributed by atoms with Crippen LogP contribution < -0.4 is 0 Å². The highest BCUT2D eigenvalue weighted by molar-refractivity contribution is 9.09. The predicted molar refractivity (Wildman–Crippen MR) is 147 cm³/mol. The number of unbranched alkanes of at least 4 members (excludes halogenated alkanes) is 3. The maximum atomic E-state index is 14.3. The second-order valence-electron chi connectivity index (χ2n) is 10.8. The van der Waals surface area contributed by atoms with Crippen LogP contribution in [0.3, 0.4) is 0 Å². The summed E-state index contributed by atoms with van der Waals surface area (Å²) in [5, 5.41) is 9.12. The largest absolute Gasteiger partial charge is 0.396 e. The molecular weight excluding hydrogens is 538 g/mol. The van der Waals surface area contributed by atoms with Gasteiger partial charge in [0.25, 0.3) is 0 Å². The molecule has 0 aliphatic carbocycles. The van der Waals surface area contributed by atoms with Gasteiger partial charge in [0, 0.05) is 44.2 Å². The molecule has 3 amide bonds. The highest BCUT2D eigenvalue weighted by Crippen LogP contribution is 2.60. The van der Waals surface area contributed by atoms with E-state index in [1.165, 1.54) is 0 Å². The first-order valence-electron chi connectivity index (χ1n) is 13.7. The normalized spacial score (nSPS) is 30.8. The first-order chi connectivity index (χ1) is 17.7. The lowest BCUT2D eigenvalue weighted by molar-refractivity contribution is -0.149. The first-order valence-corrected chi connectivity index (χ1v) is 14.6. The number of aliphatic hydroxyl groups excluding tert-OH is 1. The lowest BCUT2D eigenvalue weighted by Crippen LogP contribution is -2.58. The van der Waals surface area contributed by atoms with E-state index in [1.807, 2.05) is 11.8 Å². The number of alkyl halides is 1. The van der Waals surface area contributed by atoms with Gasteiger partial charge in [-0.25, -0.2) is 0 Å². The van der Waals surface area contributed by atoms with Crippen molar-refractivity contribution in [2.45, 2.75) is 87.4 Å². The molecule has 3 aliphatic heterocycles. The molecule has 0 aromatic carbocycles. The molecule has 3 saturated heterocycles. The molecule has 7 atom stereocenters. The van der Waals surface area contributed by atoms with Gasteiger partial charge in [0.05, 0.1) is 17.9 Å². The van der Waals surface area contributed by atoms with E-state index in [9.17, 15) is 14.4 Å². The molecule has 2 bridgehead atoms. The number of aliphatic hydroxyl groups is 1. The summed E-state index contributed by atoms with van der Waals surface area (Å²) in [6.07, 6.45) is 8.35. The van der Waals surface area contributed by atoms with Gasteiger partial charge in [0.1, 0.15) is 11.6 Å². The van der Waals surface area contributed by atoms with Crippen LogP contribution in [0, 0.1) is 11.8 Å². The van der Waals surface area contributed by atoms with Gasteiger partial charge in [-0.2, -0.15) is 0 Å². The highest BCUT2D eigenvalue weighted by Gasteiger charge is 2.76. The number of carbonyl (C=O) groups is 3. The Morgan fingerprint density at radius 2 is 1.89 bits per heavy atom. The van der Waals surface area contributed by atoms with Crippen molar-refractivity contribution in [3.05, 3.63) is 25.3 Å². The minimum absolute atomic E-state index is 0.0121. The lowest BCUT2D eigenvalue weighted by atomic mass is 9.70. The fourth-order valence-corrected chi connectivity index (χ4v) is 7.52. The van der Waals surface area contributed by atoms with Gasteiger partial charge in [0.2, 0.25) is 17.7 Å². The van der Waals surface area contributed by atoms with Gasteiger partial charge in [-0.1, -0.05) is 54.3 Å². The average molecular weight is 583 g/mol. The number of carbonyl (C=O) groups excluding carboxylic acids is 3. The smallest absolute Gasteiger partial charge is 0.248 e. The van der Waals surface area contributed by atoms with E-state index in [-0.39, 0.29) is 35.2 Å². The number of fused-ring (bicyclic) bond motifs is 1. The molecule has 1 N–H and O–H groups in total. The second-order valence-corrected chi connectivity index (χ2v) is 11.9. The van der Waals surface area contributed by atoms with Crippen LogP contribution in [-0.2, 0) is 19.1 Å². The van der Waals surface area contributed by atoms with Crippen LogP contribution in [0.5, 0.6) is 0 Å². The maximum absolute atomic E-state index is 14.3. The third-order valence-electron chi connectivity index (χ3n) is 8.24. The quantitative estimate of drug-likeness (QED) is 0.182. The van der Waals surface area contributed by atoms with E-state index in [4.69, 9.17) is 9.84 Å². The number of halogens is 1. The highest BCUT2D eigenvalue weighted by atomic mass is 79.9. The molecule has 4 unspecified atom stereocenters. The Hall–Kier alpha value is -1.71. The van der Waals surface area contributed by atoms with E-state index in [1.54, 1.807) is 29.0 Å². The van der Waals surface area contributed by atoms with Crippen molar-refractivity contribution in [2.24, 2.45) is 11.8 Å². The molecule has 8 nitrogen and oxygen atoms in total. The van der Waals surface area contributed by atoms with E-state index in [0.717, 1.165) is 32.1 Å². The third-order valence-corrected chi connectivity index (χ3v) is 9.09. The summed E-state index contributed by atoms with van der Waals surface area (Å²) < 4.78 is 6.62. The van der Waals surface area contributed by atoms with Gasteiger partial charge >= 0.3 is 0 Å². The van der Waals surface area contributed by atoms with E-state index >= 15 is 0 Å². The van der Waals surface area contributed by atoms with Gasteiger partial charge in [-0.15, -0.1) is 13.2 Å². The maximum Gasteiger partial charge on any atom is 0.248 e. The fraction of sp³-hybridized carbons (Fsp3) is 0.750. The van der Waals surface area contributed by atoms with E-state index in [0.29, 0.717) is 32.5 Å². The van der Waals surface area contributed by atoms with Crippen LogP contribution in [-0.4, -0.2) is 99.4 Å². The van der Waals surface area contributed by atoms with Crippen LogP contribution in [0.2, 0.25) is 0 Å². The number of likely N-dealkylation sites (N-methyl/N-ethyl adjacent to an activating group) is 1. The Labute approximate surface area is 230 Å². The summed E-state index contributed by atoms with van der Waals surface area (Å²) in [6.45, 7) is 13.1. The van der Waals surface area contributed by atoms with Gasteiger partial charge in [-0.05, 0) is 32.6 Å². The molecule has 3 fully saturated rings. The first kappa shape index (κ1) is 29.8. The van der Waals surface area contributed by atoms with Crippen molar-refractivity contribution in [2.75, 3.05) is 33.3 Å². The van der Waals surface area contributed by atoms with Crippen molar-refractivity contribution in [1.29, 1.82) is 0 Å².